The summed E-state index contributed by atoms with van der Waals surface area (Å²) in [5.74, 6) is -4.14. The number of benzene rings is 7. The third kappa shape index (κ3) is 12.7. The first-order chi connectivity index (χ1) is 37.7. The van der Waals surface area contributed by atoms with Crippen molar-refractivity contribution in [2.45, 2.75) is 78.7 Å². The number of esters is 5. The second kappa shape index (κ2) is 24.8. The Hall–Kier alpha value is -7.96. The van der Waals surface area contributed by atoms with Crippen LogP contribution in [0.25, 0.3) is 0 Å². The van der Waals surface area contributed by atoms with Crippen molar-refractivity contribution in [2.24, 2.45) is 0 Å². The molecule has 7 aromatic carbocycles. The Morgan fingerprint density at radius 1 is 0.455 bits per heavy atom. The maximum absolute atomic E-state index is 14.5. The van der Waals surface area contributed by atoms with Gasteiger partial charge in [-0.1, -0.05) is 151 Å². The molecule has 15 nitrogen and oxygen atoms in total. The van der Waals surface area contributed by atoms with E-state index in [1.54, 1.807) is 115 Å². The van der Waals surface area contributed by atoms with Crippen LogP contribution in [0.5, 0.6) is 0 Å². The highest BCUT2D eigenvalue weighted by atomic mass is 32.2. The van der Waals surface area contributed by atoms with Crippen LogP contribution < -0.4 is 0 Å². The molecule has 3 aliphatic heterocycles. The van der Waals surface area contributed by atoms with E-state index in [-0.39, 0.29) is 34.4 Å². The van der Waals surface area contributed by atoms with Crippen molar-refractivity contribution in [2.75, 3.05) is 13.2 Å². The van der Waals surface area contributed by atoms with Gasteiger partial charge in [0.2, 0.25) is 0 Å². The molecular weight excluding hydrogens is 1000 g/mol. The molecule has 0 aliphatic carbocycles. The molecule has 0 radical (unpaired) electrons. The zero-order valence-electron chi connectivity index (χ0n) is 41.4. The van der Waals surface area contributed by atoms with Crippen molar-refractivity contribution < 1.29 is 71.3 Å². The first-order valence-electron chi connectivity index (χ1n) is 24.9. The largest absolute Gasteiger partial charge is 0.459 e. The molecular formula is C61H52O15S. The van der Waals surface area contributed by atoms with E-state index in [0.717, 1.165) is 10.5 Å². The average molecular weight is 1060 g/mol. The molecule has 3 heterocycles. The van der Waals surface area contributed by atoms with Crippen molar-refractivity contribution in [1.29, 1.82) is 0 Å². The van der Waals surface area contributed by atoms with Gasteiger partial charge in [0.15, 0.2) is 37.0 Å². The van der Waals surface area contributed by atoms with Crippen LogP contribution in [0.15, 0.2) is 211 Å². The van der Waals surface area contributed by atoms with Crippen LogP contribution in [-0.2, 0) is 47.4 Å². The molecule has 7 aromatic rings. The Kier molecular flexibility index (Phi) is 16.9. The SMILES string of the molecule is Cc1ccccc1S[C@@H]1O[C@@H]2COC(c3ccccc3)O[C@@H]2[C@H](OC(=O)c2ccccc2)[C@H]1O[C@@H]1O[C@H](COC(=O)c2ccccc2)[C@H](OC(=O)c2ccccc2)[C@H](OC(=O)c2ccccc2)[C@H]1OC(=O)c1ccccc1. The minimum Gasteiger partial charge on any atom is -0.459 e. The molecule has 16 heteroatoms. The lowest BCUT2D eigenvalue weighted by Crippen LogP contribution is -2.67. The van der Waals surface area contributed by atoms with E-state index in [1.165, 1.54) is 48.2 Å². The lowest BCUT2D eigenvalue weighted by Gasteiger charge is -2.51. The number of aryl methyl sites for hydroxylation is 1. The quantitative estimate of drug-likeness (QED) is 0.0659. The standard InChI is InChI=1S/C61H52O15S/c1-38-22-20-21-35-47(38)77-61-53(51(73-57(65)42-29-14-5-15-30-42)49-46(70-61)37-68-59(75-49)44-33-18-7-19-34-44)76-60-52(74-58(66)43-31-16-6-17-32-43)50(72-56(64)41-27-12-4-13-28-41)48(71-55(63)40-25-10-3-11-26-40)45(69-60)36-67-54(62)39-23-8-2-9-24-39/h2-35,45-46,48-53,59-61H,36-37H2,1H3/t45-,46-,48+,49+,50+,51+,52-,53-,59?,60+,61+/m1/s1. The van der Waals surface area contributed by atoms with Gasteiger partial charge in [-0.3, -0.25) is 0 Å². The number of fused-ring (bicyclic) bond motifs is 1. The predicted molar refractivity (Wildman–Crippen MR) is 279 cm³/mol. The number of rotatable bonds is 16. The van der Waals surface area contributed by atoms with Gasteiger partial charge >= 0.3 is 29.8 Å². The van der Waals surface area contributed by atoms with Crippen molar-refractivity contribution in [3.8, 4) is 0 Å². The molecule has 0 amide bonds. The Bertz CT molecular complexity index is 3100. The molecule has 0 N–H and O–H groups in total. The first kappa shape index (κ1) is 52.5. The molecule has 392 valence electrons. The molecule has 77 heavy (non-hydrogen) atoms. The zero-order chi connectivity index (χ0) is 53.1. The van der Waals surface area contributed by atoms with Crippen LogP contribution in [0.4, 0.5) is 0 Å². The molecule has 0 aromatic heterocycles. The molecule has 0 bridgehead atoms. The molecule has 1 unspecified atom stereocenters. The van der Waals surface area contributed by atoms with Crippen LogP contribution in [0.2, 0.25) is 0 Å². The van der Waals surface area contributed by atoms with Gasteiger partial charge in [0.1, 0.15) is 36.5 Å². The van der Waals surface area contributed by atoms with Gasteiger partial charge in [-0.25, -0.2) is 24.0 Å². The summed E-state index contributed by atoms with van der Waals surface area (Å²) in [5, 5.41) is 0. The van der Waals surface area contributed by atoms with Crippen molar-refractivity contribution in [1.82, 2.24) is 0 Å². The van der Waals surface area contributed by atoms with Crippen molar-refractivity contribution >= 4 is 41.6 Å². The Morgan fingerprint density at radius 2 is 0.883 bits per heavy atom. The Morgan fingerprint density at radius 3 is 1.39 bits per heavy atom. The van der Waals surface area contributed by atoms with E-state index in [0.29, 0.717) is 5.56 Å². The third-order valence-electron chi connectivity index (χ3n) is 13.0. The van der Waals surface area contributed by atoms with Gasteiger partial charge < -0.3 is 47.4 Å². The van der Waals surface area contributed by atoms with Crippen LogP contribution >= 0.6 is 11.8 Å². The Labute approximate surface area is 448 Å². The summed E-state index contributed by atoms with van der Waals surface area (Å²) >= 11 is 1.27. The summed E-state index contributed by atoms with van der Waals surface area (Å²) in [6.07, 6.45) is -14.1. The van der Waals surface area contributed by atoms with E-state index < -0.39 is 103 Å². The van der Waals surface area contributed by atoms with Gasteiger partial charge in [0, 0.05) is 10.5 Å². The second-order valence-electron chi connectivity index (χ2n) is 18.2. The number of hydrogen-bond acceptors (Lipinski definition) is 16. The second-order valence-corrected chi connectivity index (χ2v) is 19.3. The summed E-state index contributed by atoms with van der Waals surface area (Å²) in [7, 11) is 0. The number of carbonyl (C=O) groups is 5. The van der Waals surface area contributed by atoms with Gasteiger partial charge in [-0.05, 0) is 79.2 Å². The van der Waals surface area contributed by atoms with Crippen molar-refractivity contribution in [3.63, 3.8) is 0 Å². The summed E-state index contributed by atoms with van der Waals surface area (Å²) in [6, 6.07) is 57.6. The highest BCUT2D eigenvalue weighted by Crippen LogP contribution is 2.44. The van der Waals surface area contributed by atoms with E-state index >= 15 is 0 Å². The smallest absolute Gasteiger partial charge is 0.338 e. The number of carbonyl (C=O) groups excluding carboxylic acids is 5. The maximum atomic E-state index is 14.5. The summed E-state index contributed by atoms with van der Waals surface area (Å²) < 4.78 is 65.6. The molecule has 3 aliphatic rings. The topological polar surface area (TPSA) is 178 Å². The van der Waals surface area contributed by atoms with Gasteiger partial charge in [-0.2, -0.15) is 0 Å². The fourth-order valence-corrected chi connectivity index (χ4v) is 10.3. The van der Waals surface area contributed by atoms with E-state index in [2.05, 4.69) is 0 Å². The van der Waals surface area contributed by atoms with E-state index in [1.807, 2.05) is 61.5 Å². The monoisotopic (exact) mass is 1060 g/mol. The minimum atomic E-state index is -1.81. The van der Waals surface area contributed by atoms with Crippen LogP contribution in [-0.4, -0.2) is 104 Å². The normalized spacial score (nSPS) is 24.7. The predicted octanol–water partition coefficient (Wildman–Crippen LogP) is 9.80. The summed E-state index contributed by atoms with van der Waals surface area (Å²) in [4.78, 5) is 72.3. The fraction of sp³-hybridized carbons (Fsp3) is 0.230. The van der Waals surface area contributed by atoms with Gasteiger partial charge in [0.05, 0.1) is 34.4 Å². The zero-order valence-corrected chi connectivity index (χ0v) is 42.2. The number of hydrogen-bond donors (Lipinski definition) is 0. The van der Waals surface area contributed by atoms with Crippen LogP contribution in [0, 0.1) is 6.92 Å². The van der Waals surface area contributed by atoms with Gasteiger partial charge in [-0.15, -0.1) is 0 Å². The molecule has 3 fully saturated rings. The molecule has 0 spiro atoms. The minimum absolute atomic E-state index is 0.0131. The highest BCUT2D eigenvalue weighted by molar-refractivity contribution is 7.99. The lowest BCUT2D eigenvalue weighted by atomic mass is 9.96. The molecule has 10 rings (SSSR count). The van der Waals surface area contributed by atoms with E-state index in [4.69, 9.17) is 47.4 Å². The molecule has 0 saturated carbocycles. The molecule has 11 atom stereocenters. The summed E-state index contributed by atoms with van der Waals surface area (Å²) in [6.45, 7) is 1.33. The highest BCUT2D eigenvalue weighted by Gasteiger charge is 2.58. The Balaban J connectivity index is 1.11. The van der Waals surface area contributed by atoms with Crippen LogP contribution in [0.3, 0.4) is 0 Å². The summed E-state index contributed by atoms with van der Waals surface area (Å²) in [5.41, 5.74) is 1.26. The van der Waals surface area contributed by atoms with E-state index in [9.17, 15) is 24.0 Å². The first-order valence-corrected chi connectivity index (χ1v) is 25.8. The van der Waals surface area contributed by atoms with Gasteiger partial charge in [0.25, 0.3) is 0 Å². The fourth-order valence-electron chi connectivity index (χ4n) is 9.07. The maximum Gasteiger partial charge on any atom is 0.338 e. The number of thioether (sulfide) groups is 1. The van der Waals surface area contributed by atoms with Crippen molar-refractivity contribution in [3.05, 3.63) is 245 Å². The lowest BCUT2D eigenvalue weighted by molar-refractivity contribution is -0.355. The number of ether oxygens (including phenoxy) is 10. The van der Waals surface area contributed by atoms with Crippen LogP contribution in [0.1, 0.15) is 69.2 Å². The third-order valence-corrected chi connectivity index (χ3v) is 14.3. The average Bonchev–Trinajstić information content (AvgIpc) is 3.50. The molecule has 3 saturated heterocycles.